The smallest absolute Gasteiger partial charge is 0.338 e. The summed E-state index contributed by atoms with van der Waals surface area (Å²) < 4.78 is 16.9. The van der Waals surface area contributed by atoms with Crippen molar-refractivity contribution in [2.75, 3.05) is 18.9 Å². The number of benzene rings is 2. The Morgan fingerprint density at radius 2 is 1.74 bits per heavy atom. The highest BCUT2D eigenvalue weighted by Crippen LogP contribution is 2.26. The van der Waals surface area contributed by atoms with Gasteiger partial charge in [-0.2, -0.15) is 0 Å². The van der Waals surface area contributed by atoms with Crippen molar-refractivity contribution in [1.29, 1.82) is 0 Å². The van der Waals surface area contributed by atoms with Gasteiger partial charge in [-0.15, -0.1) is 0 Å². The molecule has 6 heteroatoms. The van der Waals surface area contributed by atoms with E-state index in [1.165, 1.54) is 0 Å². The summed E-state index contributed by atoms with van der Waals surface area (Å²) in [6.45, 7) is 0.934. The van der Waals surface area contributed by atoms with E-state index < -0.39 is 0 Å². The largest absolute Gasteiger partial charge is 0.493 e. The third kappa shape index (κ3) is 5.79. The maximum absolute atomic E-state index is 12.3. The van der Waals surface area contributed by atoms with Crippen molar-refractivity contribution in [1.82, 2.24) is 0 Å². The molecular formula is C21H24ClNO4. The Balaban J connectivity index is 1.46. The van der Waals surface area contributed by atoms with Gasteiger partial charge in [0.05, 0.1) is 24.5 Å². The number of rotatable bonds is 8. The normalized spacial score (nSPS) is 14.1. The van der Waals surface area contributed by atoms with Crippen LogP contribution in [-0.2, 0) is 4.74 Å². The van der Waals surface area contributed by atoms with Crippen LogP contribution in [-0.4, -0.2) is 25.3 Å². The van der Waals surface area contributed by atoms with Crippen LogP contribution in [0, 0.1) is 0 Å². The first-order chi connectivity index (χ1) is 13.1. The molecule has 2 N–H and O–H groups in total. The lowest BCUT2D eigenvalue weighted by Crippen LogP contribution is -2.15. The fourth-order valence-corrected chi connectivity index (χ4v) is 3.10. The number of hydrogen-bond acceptors (Lipinski definition) is 5. The third-order valence-corrected chi connectivity index (χ3v) is 4.71. The molecular weight excluding hydrogens is 366 g/mol. The molecule has 2 aromatic carbocycles. The minimum atomic E-state index is -0.321. The van der Waals surface area contributed by atoms with E-state index in [1.807, 2.05) is 12.1 Å². The lowest BCUT2D eigenvalue weighted by Gasteiger charge is -2.13. The molecule has 0 bridgehead atoms. The maximum atomic E-state index is 12.3. The van der Waals surface area contributed by atoms with E-state index in [4.69, 9.17) is 31.5 Å². The van der Waals surface area contributed by atoms with Gasteiger partial charge in [0.2, 0.25) is 0 Å². The topological polar surface area (TPSA) is 70.8 Å². The highest BCUT2D eigenvalue weighted by atomic mass is 35.5. The van der Waals surface area contributed by atoms with Crippen LogP contribution < -0.4 is 15.2 Å². The second-order valence-corrected chi connectivity index (χ2v) is 7.01. The average molecular weight is 390 g/mol. The Hall–Kier alpha value is -2.40. The van der Waals surface area contributed by atoms with Gasteiger partial charge in [-0.25, -0.2) is 4.79 Å². The molecule has 1 aliphatic carbocycles. The summed E-state index contributed by atoms with van der Waals surface area (Å²) in [6, 6.07) is 12.2. The molecule has 0 saturated heterocycles. The fourth-order valence-electron chi connectivity index (χ4n) is 2.97. The monoisotopic (exact) mass is 389 g/mol. The second kappa shape index (κ2) is 9.51. The summed E-state index contributed by atoms with van der Waals surface area (Å²) in [5.74, 6) is 0.927. The van der Waals surface area contributed by atoms with Gasteiger partial charge in [0.15, 0.2) is 0 Å². The molecule has 0 aromatic heterocycles. The van der Waals surface area contributed by atoms with Crippen molar-refractivity contribution in [3.05, 3.63) is 53.1 Å². The Bertz CT molecular complexity index is 757. The quantitative estimate of drug-likeness (QED) is 0.396. The number of esters is 1. The number of hydrogen-bond donors (Lipinski definition) is 1. The number of carbonyl (C=O) groups is 1. The molecule has 1 aliphatic rings. The average Bonchev–Trinajstić information content (AvgIpc) is 3.17. The summed E-state index contributed by atoms with van der Waals surface area (Å²) in [5, 5.41) is 0.674. The van der Waals surface area contributed by atoms with Crippen LogP contribution in [0.25, 0.3) is 0 Å². The van der Waals surface area contributed by atoms with Gasteiger partial charge in [-0.3, -0.25) is 0 Å². The van der Waals surface area contributed by atoms with Gasteiger partial charge in [0, 0.05) is 11.4 Å². The van der Waals surface area contributed by atoms with Crippen LogP contribution in [0.4, 0.5) is 5.69 Å². The third-order valence-electron chi connectivity index (χ3n) is 4.45. The molecule has 2 aromatic rings. The van der Waals surface area contributed by atoms with Gasteiger partial charge in [-0.05, 0) is 68.1 Å². The van der Waals surface area contributed by atoms with E-state index in [1.54, 1.807) is 30.3 Å². The summed E-state index contributed by atoms with van der Waals surface area (Å²) >= 11 is 5.84. The molecule has 0 spiro atoms. The summed E-state index contributed by atoms with van der Waals surface area (Å²) in [6.07, 6.45) is 4.83. The van der Waals surface area contributed by atoms with Crippen molar-refractivity contribution in [2.24, 2.45) is 0 Å². The lowest BCUT2D eigenvalue weighted by atomic mass is 10.2. The van der Waals surface area contributed by atoms with Crippen LogP contribution in [0.2, 0.25) is 5.02 Å². The number of ether oxygens (including phenoxy) is 3. The van der Waals surface area contributed by atoms with E-state index in [-0.39, 0.29) is 12.1 Å². The van der Waals surface area contributed by atoms with Gasteiger partial charge in [0.1, 0.15) is 17.6 Å². The highest BCUT2D eigenvalue weighted by Gasteiger charge is 2.20. The van der Waals surface area contributed by atoms with Crippen molar-refractivity contribution < 1.29 is 19.0 Å². The molecule has 27 heavy (non-hydrogen) atoms. The van der Waals surface area contributed by atoms with E-state index >= 15 is 0 Å². The van der Waals surface area contributed by atoms with Gasteiger partial charge in [-0.1, -0.05) is 11.6 Å². The summed E-state index contributed by atoms with van der Waals surface area (Å²) in [4.78, 5) is 12.3. The Labute approximate surface area is 164 Å². The van der Waals surface area contributed by atoms with E-state index in [0.717, 1.165) is 31.4 Å². The number of nitrogen functional groups attached to an aromatic ring is 1. The van der Waals surface area contributed by atoms with E-state index in [9.17, 15) is 4.79 Å². The van der Waals surface area contributed by atoms with Crippen LogP contribution in [0.1, 0.15) is 42.5 Å². The molecule has 0 heterocycles. The molecule has 144 valence electrons. The molecule has 5 nitrogen and oxygen atoms in total. The predicted molar refractivity (Wildman–Crippen MR) is 106 cm³/mol. The zero-order valence-electron chi connectivity index (χ0n) is 15.2. The number of nitrogens with two attached hydrogens (primary N) is 1. The predicted octanol–water partition coefficient (Wildman–Crippen LogP) is 4.87. The Morgan fingerprint density at radius 1 is 1.04 bits per heavy atom. The minimum absolute atomic E-state index is 0.0319. The van der Waals surface area contributed by atoms with Crippen LogP contribution in [0.15, 0.2) is 42.5 Å². The second-order valence-electron chi connectivity index (χ2n) is 6.57. The van der Waals surface area contributed by atoms with E-state index in [0.29, 0.717) is 41.7 Å². The van der Waals surface area contributed by atoms with Gasteiger partial charge in [0.25, 0.3) is 0 Å². The lowest BCUT2D eigenvalue weighted by molar-refractivity contribution is 0.0317. The Kier molecular flexibility index (Phi) is 6.82. The van der Waals surface area contributed by atoms with Crippen LogP contribution >= 0.6 is 11.6 Å². The molecule has 3 rings (SSSR count). The molecule has 0 aliphatic heterocycles. The minimum Gasteiger partial charge on any atom is -0.493 e. The molecule has 1 fully saturated rings. The highest BCUT2D eigenvalue weighted by molar-refractivity contribution is 6.30. The van der Waals surface area contributed by atoms with Crippen molar-refractivity contribution in [2.45, 2.75) is 38.2 Å². The van der Waals surface area contributed by atoms with E-state index in [2.05, 4.69) is 0 Å². The van der Waals surface area contributed by atoms with Crippen molar-refractivity contribution in [3.63, 3.8) is 0 Å². The number of anilines is 1. The maximum Gasteiger partial charge on any atom is 0.338 e. The van der Waals surface area contributed by atoms with Crippen LogP contribution in [0.3, 0.4) is 0 Å². The first-order valence-corrected chi connectivity index (χ1v) is 9.61. The summed E-state index contributed by atoms with van der Waals surface area (Å²) in [5.41, 5.74) is 6.91. The zero-order chi connectivity index (χ0) is 19.1. The molecule has 0 amide bonds. The zero-order valence-corrected chi connectivity index (χ0v) is 15.9. The van der Waals surface area contributed by atoms with Crippen molar-refractivity contribution in [3.8, 4) is 11.5 Å². The first-order valence-electron chi connectivity index (χ1n) is 9.23. The molecule has 0 unspecified atom stereocenters. The molecule has 0 atom stereocenters. The molecule has 0 radical (unpaired) electrons. The first kappa shape index (κ1) is 19.4. The number of halogens is 1. The SMILES string of the molecule is Nc1ccc(C(=O)OC2CCCC2)cc1OCCCOc1ccc(Cl)cc1. The molecule has 1 saturated carbocycles. The summed E-state index contributed by atoms with van der Waals surface area (Å²) in [7, 11) is 0. The van der Waals surface area contributed by atoms with Gasteiger partial charge >= 0.3 is 5.97 Å². The number of carbonyl (C=O) groups excluding carboxylic acids is 1. The standard InChI is InChI=1S/C21H24ClNO4/c22-16-7-9-17(10-8-16)25-12-3-13-26-20-14-15(6-11-19(20)23)21(24)27-18-4-1-2-5-18/h6-11,14,18H,1-5,12-13,23H2. The Morgan fingerprint density at radius 3 is 2.48 bits per heavy atom. The van der Waals surface area contributed by atoms with Crippen molar-refractivity contribution >= 4 is 23.3 Å². The van der Waals surface area contributed by atoms with Gasteiger partial charge < -0.3 is 19.9 Å². The van der Waals surface area contributed by atoms with Crippen LogP contribution in [0.5, 0.6) is 11.5 Å². The fraction of sp³-hybridized carbons (Fsp3) is 0.381.